The Morgan fingerprint density at radius 3 is 2.62 bits per heavy atom. The molecular formula is C16H31IN6O. The van der Waals surface area contributed by atoms with Crippen LogP contribution in [0.25, 0.3) is 0 Å². The summed E-state index contributed by atoms with van der Waals surface area (Å²) in [6, 6.07) is 2.50. The number of halogens is 1. The topological polar surface area (TPSA) is 60.1 Å². The lowest BCUT2D eigenvalue weighted by atomic mass is 10.3. The molecule has 0 unspecified atom stereocenters. The van der Waals surface area contributed by atoms with Gasteiger partial charge in [-0.3, -0.25) is 9.89 Å². The number of hydrogen-bond donors (Lipinski definition) is 1. The molecule has 8 heteroatoms. The molecule has 0 amide bonds. The molecule has 1 aliphatic heterocycles. The van der Waals surface area contributed by atoms with Gasteiger partial charge in [0.25, 0.3) is 0 Å². The highest BCUT2D eigenvalue weighted by Gasteiger charge is 2.20. The van der Waals surface area contributed by atoms with Gasteiger partial charge in [0.05, 0.1) is 5.69 Å². The van der Waals surface area contributed by atoms with Crippen LogP contribution in [-0.4, -0.2) is 85.2 Å². The van der Waals surface area contributed by atoms with Crippen LogP contribution in [0.15, 0.2) is 21.8 Å². The van der Waals surface area contributed by atoms with Gasteiger partial charge in [0, 0.05) is 65.0 Å². The summed E-state index contributed by atoms with van der Waals surface area (Å²) in [5, 5.41) is 7.45. The minimum absolute atomic E-state index is 0. The molecule has 1 fully saturated rings. The van der Waals surface area contributed by atoms with Crippen molar-refractivity contribution in [2.45, 2.75) is 26.4 Å². The molecule has 0 bridgehead atoms. The molecule has 1 N–H and O–H groups in total. The summed E-state index contributed by atoms with van der Waals surface area (Å²) >= 11 is 0. The van der Waals surface area contributed by atoms with E-state index in [1.807, 2.05) is 13.1 Å². The number of nitrogens with one attached hydrogen (secondary N) is 1. The summed E-state index contributed by atoms with van der Waals surface area (Å²) in [6.07, 6.45) is 1.63. The van der Waals surface area contributed by atoms with Crippen LogP contribution in [-0.2, 0) is 6.54 Å². The van der Waals surface area contributed by atoms with Gasteiger partial charge >= 0.3 is 0 Å². The van der Waals surface area contributed by atoms with Gasteiger partial charge in [-0.2, -0.15) is 0 Å². The Morgan fingerprint density at radius 2 is 2.08 bits per heavy atom. The van der Waals surface area contributed by atoms with Gasteiger partial charge in [-0.15, -0.1) is 24.0 Å². The number of nitrogens with zero attached hydrogens (tertiary/aromatic N) is 5. The first-order chi connectivity index (χ1) is 11.1. The fraction of sp³-hybridized carbons (Fsp3) is 0.750. The second-order valence-corrected chi connectivity index (χ2v) is 6.30. The number of rotatable bonds is 6. The van der Waals surface area contributed by atoms with Gasteiger partial charge in [-0.05, 0) is 20.9 Å². The zero-order valence-corrected chi connectivity index (χ0v) is 17.6. The van der Waals surface area contributed by atoms with E-state index >= 15 is 0 Å². The van der Waals surface area contributed by atoms with Crippen molar-refractivity contribution in [3.05, 3.63) is 18.0 Å². The molecule has 2 rings (SSSR count). The first-order valence-corrected chi connectivity index (χ1v) is 8.37. The number of likely N-dealkylation sites (N-methyl/N-ethyl adjacent to an activating group) is 1. The average molecular weight is 450 g/mol. The van der Waals surface area contributed by atoms with E-state index in [9.17, 15) is 0 Å². The summed E-state index contributed by atoms with van der Waals surface area (Å²) in [5.74, 6) is 1.00. The molecule has 1 aromatic heterocycles. The zero-order valence-electron chi connectivity index (χ0n) is 15.2. The summed E-state index contributed by atoms with van der Waals surface area (Å²) in [5.41, 5.74) is 0.998. The van der Waals surface area contributed by atoms with E-state index in [1.165, 1.54) is 0 Å². The maximum Gasteiger partial charge on any atom is 0.193 e. The molecule has 2 heterocycles. The Balaban J connectivity index is 0.00000288. The molecule has 7 nitrogen and oxygen atoms in total. The molecule has 138 valence electrons. The monoisotopic (exact) mass is 450 g/mol. The molecule has 1 aliphatic rings. The third-order valence-electron chi connectivity index (χ3n) is 4.39. The van der Waals surface area contributed by atoms with E-state index in [4.69, 9.17) is 4.52 Å². The van der Waals surface area contributed by atoms with E-state index in [1.54, 1.807) is 6.26 Å². The maximum absolute atomic E-state index is 4.89. The van der Waals surface area contributed by atoms with Crippen molar-refractivity contribution < 1.29 is 4.52 Å². The Hall–Kier alpha value is -0.870. The molecule has 0 saturated carbocycles. The SMILES string of the molecule is CN=C(NCCN(C)C(C)C)N1CCN(Cc2ccon2)CC1.I. The third kappa shape index (κ3) is 6.56. The molecule has 0 aromatic carbocycles. The minimum atomic E-state index is 0. The fourth-order valence-corrected chi connectivity index (χ4v) is 2.60. The van der Waals surface area contributed by atoms with Gasteiger partial charge in [0.1, 0.15) is 6.26 Å². The highest BCUT2D eigenvalue weighted by Crippen LogP contribution is 2.07. The standard InChI is InChI=1S/C16H30N6O.HI/c1-14(2)20(4)7-6-18-16(17-3)22-10-8-21(9-11-22)13-15-5-12-23-19-15;/h5,12,14H,6-11,13H2,1-4H3,(H,17,18);1H. The van der Waals surface area contributed by atoms with Crippen molar-refractivity contribution in [1.29, 1.82) is 0 Å². The third-order valence-corrected chi connectivity index (χ3v) is 4.39. The predicted molar refractivity (Wildman–Crippen MR) is 108 cm³/mol. The smallest absolute Gasteiger partial charge is 0.193 e. The van der Waals surface area contributed by atoms with E-state index in [-0.39, 0.29) is 24.0 Å². The summed E-state index contributed by atoms with van der Waals surface area (Å²) in [7, 11) is 4.01. The van der Waals surface area contributed by atoms with E-state index in [0.717, 1.165) is 57.5 Å². The highest BCUT2D eigenvalue weighted by molar-refractivity contribution is 14.0. The average Bonchev–Trinajstić information content (AvgIpc) is 3.05. The molecule has 1 saturated heterocycles. The maximum atomic E-state index is 4.89. The lowest BCUT2D eigenvalue weighted by Gasteiger charge is -2.36. The van der Waals surface area contributed by atoms with Gasteiger partial charge in [0.15, 0.2) is 5.96 Å². The van der Waals surface area contributed by atoms with Crippen LogP contribution in [0.2, 0.25) is 0 Å². The second kappa shape index (κ2) is 10.9. The molecule has 0 spiro atoms. The Kier molecular flexibility index (Phi) is 9.60. The Morgan fingerprint density at radius 1 is 1.38 bits per heavy atom. The lowest BCUT2D eigenvalue weighted by molar-refractivity contribution is 0.168. The Labute approximate surface area is 162 Å². The van der Waals surface area contributed by atoms with Gasteiger partial charge in [0.2, 0.25) is 0 Å². The van der Waals surface area contributed by atoms with E-state index in [2.05, 4.69) is 51.1 Å². The normalized spacial score (nSPS) is 16.6. The van der Waals surface area contributed by atoms with Crippen LogP contribution in [0.4, 0.5) is 0 Å². The highest BCUT2D eigenvalue weighted by atomic mass is 127. The Bertz CT molecular complexity index is 471. The van der Waals surface area contributed by atoms with Crippen LogP contribution in [0.1, 0.15) is 19.5 Å². The van der Waals surface area contributed by atoms with E-state index in [0.29, 0.717) is 6.04 Å². The van der Waals surface area contributed by atoms with Crippen molar-refractivity contribution in [2.24, 2.45) is 4.99 Å². The number of hydrogen-bond acceptors (Lipinski definition) is 5. The molecule has 0 radical (unpaired) electrons. The predicted octanol–water partition coefficient (Wildman–Crippen LogP) is 1.33. The molecular weight excluding hydrogens is 419 g/mol. The lowest BCUT2D eigenvalue weighted by Crippen LogP contribution is -2.53. The van der Waals surface area contributed by atoms with Crippen molar-refractivity contribution in [3.8, 4) is 0 Å². The van der Waals surface area contributed by atoms with Crippen LogP contribution in [0, 0.1) is 0 Å². The summed E-state index contributed by atoms with van der Waals surface area (Å²) < 4.78 is 4.89. The molecule has 24 heavy (non-hydrogen) atoms. The number of guanidine groups is 1. The number of piperazine rings is 1. The second-order valence-electron chi connectivity index (χ2n) is 6.30. The largest absolute Gasteiger partial charge is 0.364 e. The van der Waals surface area contributed by atoms with E-state index < -0.39 is 0 Å². The van der Waals surface area contributed by atoms with Crippen LogP contribution < -0.4 is 5.32 Å². The van der Waals surface area contributed by atoms with Crippen molar-refractivity contribution in [1.82, 2.24) is 25.2 Å². The number of aliphatic imine (C=N–C) groups is 1. The van der Waals surface area contributed by atoms with Crippen molar-refractivity contribution in [2.75, 3.05) is 53.4 Å². The molecule has 0 atom stereocenters. The zero-order chi connectivity index (χ0) is 16.7. The quantitative estimate of drug-likeness (QED) is 0.401. The van der Waals surface area contributed by atoms with Crippen LogP contribution in [0.3, 0.4) is 0 Å². The van der Waals surface area contributed by atoms with Gasteiger partial charge < -0.3 is 19.6 Å². The fourth-order valence-electron chi connectivity index (χ4n) is 2.60. The van der Waals surface area contributed by atoms with Crippen molar-refractivity contribution in [3.63, 3.8) is 0 Å². The first-order valence-electron chi connectivity index (χ1n) is 8.37. The summed E-state index contributed by atoms with van der Waals surface area (Å²) in [6.45, 7) is 11.2. The van der Waals surface area contributed by atoms with Crippen molar-refractivity contribution >= 4 is 29.9 Å². The van der Waals surface area contributed by atoms with Gasteiger partial charge in [-0.25, -0.2) is 0 Å². The molecule has 0 aliphatic carbocycles. The summed E-state index contributed by atoms with van der Waals surface area (Å²) in [4.78, 5) is 11.5. The van der Waals surface area contributed by atoms with Crippen LogP contribution in [0.5, 0.6) is 0 Å². The van der Waals surface area contributed by atoms with Gasteiger partial charge in [-0.1, -0.05) is 5.16 Å². The first kappa shape index (κ1) is 21.2. The minimum Gasteiger partial charge on any atom is -0.364 e. The molecule has 1 aromatic rings. The number of aromatic nitrogens is 1. The van der Waals surface area contributed by atoms with Crippen LogP contribution >= 0.6 is 24.0 Å².